The normalized spacial score (nSPS) is 18.4. The van der Waals surface area contributed by atoms with Gasteiger partial charge in [0.25, 0.3) is 5.91 Å². The number of hydrogen-bond donors (Lipinski definition) is 1. The largest absolute Gasteiger partial charge is 0.445 e. The number of rotatable bonds is 3. The maximum atomic E-state index is 12.1. The van der Waals surface area contributed by atoms with Gasteiger partial charge in [-0.1, -0.05) is 0 Å². The van der Waals surface area contributed by atoms with Crippen LogP contribution in [-0.2, 0) is 9.47 Å². The van der Waals surface area contributed by atoms with Gasteiger partial charge in [-0.3, -0.25) is 4.79 Å². The topological polar surface area (TPSA) is 93.9 Å². The summed E-state index contributed by atoms with van der Waals surface area (Å²) in [7, 11) is 0. The van der Waals surface area contributed by atoms with Gasteiger partial charge < -0.3 is 24.1 Å². The summed E-state index contributed by atoms with van der Waals surface area (Å²) < 4.78 is 16.2. The highest BCUT2D eigenvalue weighted by Gasteiger charge is 2.28. The third-order valence-electron chi connectivity index (χ3n) is 3.40. The molecule has 1 aliphatic heterocycles. The number of hydrogen-bond acceptors (Lipinski definition) is 6. The number of carbonyl (C=O) groups is 2. The van der Waals surface area contributed by atoms with Crippen LogP contribution in [0.3, 0.4) is 0 Å². The summed E-state index contributed by atoms with van der Waals surface area (Å²) in [6, 6.07) is 0. The van der Waals surface area contributed by atoms with E-state index in [0.717, 1.165) is 0 Å². The van der Waals surface area contributed by atoms with E-state index >= 15 is 0 Å². The molecule has 1 fully saturated rings. The van der Waals surface area contributed by atoms with Gasteiger partial charge in [-0.25, -0.2) is 9.78 Å². The molecule has 0 saturated carbocycles. The number of ether oxygens (including phenoxy) is 2. The molecule has 0 aromatic carbocycles. The quantitative estimate of drug-likeness (QED) is 0.900. The lowest BCUT2D eigenvalue weighted by Crippen LogP contribution is -2.50. The van der Waals surface area contributed by atoms with Crippen LogP contribution in [0.1, 0.15) is 42.9 Å². The van der Waals surface area contributed by atoms with E-state index in [0.29, 0.717) is 31.3 Å². The fourth-order valence-corrected chi connectivity index (χ4v) is 2.36. The Labute approximate surface area is 141 Å². The maximum absolute atomic E-state index is 12.1. The zero-order chi connectivity index (χ0) is 17.9. The molecule has 1 aromatic rings. The lowest BCUT2D eigenvalue weighted by atomic mass is 10.2. The smallest absolute Gasteiger partial charge is 0.410 e. The van der Waals surface area contributed by atoms with Gasteiger partial charge in [0.05, 0.1) is 19.3 Å². The number of morpholine rings is 1. The van der Waals surface area contributed by atoms with Gasteiger partial charge in [-0.05, 0) is 27.7 Å². The molecule has 0 spiro atoms. The Morgan fingerprint density at radius 2 is 2.08 bits per heavy atom. The minimum Gasteiger partial charge on any atom is -0.445 e. The van der Waals surface area contributed by atoms with E-state index in [9.17, 15) is 9.59 Å². The molecule has 1 atom stereocenters. The summed E-state index contributed by atoms with van der Waals surface area (Å²) in [6.07, 6.45) is -0.659. The lowest BCUT2D eigenvalue weighted by Gasteiger charge is -2.34. The minimum absolute atomic E-state index is 0.271. The standard InChI is InChI=1S/C16H25N3O5/c1-10-13(18-11(2)23-10)14(20)17-8-12-9-19(6-7-22-12)15(21)24-16(3,4)5/h12H,6-9H2,1-5H3,(H,17,20). The van der Waals surface area contributed by atoms with Crippen LogP contribution in [0.2, 0.25) is 0 Å². The molecule has 8 heteroatoms. The van der Waals surface area contributed by atoms with Crippen LogP contribution < -0.4 is 5.32 Å². The predicted molar refractivity (Wildman–Crippen MR) is 85.9 cm³/mol. The van der Waals surface area contributed by atoms with Crippen LogP contribution in [0.15, 0.2) is 4.42 Å². The third kappa shape index (κ3) is 4.95. The number of aryl methyl sites for hydroxylation is 2. The zero-order valence-corrected chi connectivity index (χ0v) is 14.8. The molecule has 2 heterocycles. The molecule has 1 unspecified atom stereocenters. The highest BCUT2D eigenvalue weighted by atomic mass is 16.6. The number of nitrogens with one attached hydrogen (secondary N) is 1. The Hall–Kier alpha value is -2.09. The highest BCUT2D eigenvalue weighted by molar-refractivity contribution is 5.93. The first kappa shape index (κ1) is 18.3. The Morgan fingerprint density at radius 3 is 2.67 bits per heavy atom. The van der Waals surface area contributed by atoms with Crippen LogP contribution in [0.25, 0.3) is 0 Å². The van der Waals surface area contributed by atoms with Crippen molar-refractivity contribution in [3.05, 3.63) is 17.3 Å². The highest BCUT2D eigenvalue weighted by Crippen LogP contribution is 2.13. The van der Waals surface area contributed by atoms with Gasteiger partial charge in [-0.2, -0.15) is 0 Å². The Morgan fingerprint density at radius 1 is 1.38 bits per heavy atom. The molecule has 2 rings (SSSR count). The molecule has 24 heavy (non-hydrogen) atoms. The minimum atomic E-state index is -0.540. The van der Waals surface area contributed by atoms with E-state index in [2.05, 4.69) is 10.3 Å². The number of nitrogens with zero attached hydrogens (tertiary/aromatic N) is 2. The number of aromatic nitrogens is 1. The van der Waals surface area contributed by atoms with Gasteiger partial charge in [0.15, 0.2) is 11.6 Å². The van der Waals surface area contributed by atoms with Crippen molar-refractivity contribution >= 4 is 12.0 Å². The van der Waals surface area contributed by atoms with Crippen molar-refractivity contribution in [3.63, 3.8) is 0 Å². The molecule has 0 bridgehead atoms. The summed E-state index contributed by atoms with van der Waals surface area (Å²) in [5, 5.41) is 2.77. The molecule has 8 nitrogen and oxygen atoms in total. The second kappa shape index (κ2) is 7.21. The first-order valence-electron chi connectivity index (χ1n) is 7.97. The van der Waals surface area contributed by atoms with Gasteiger partial charge in [0.2, 0.25) is 0 Å². The Bertz CT molecular complexity index is 605. The summed E-state index contributed by atoms with van der Waals surface area (Å²) in [5.74, 6) is 0.606. The van der Waals surface area contributed by atoms with Crippen LogP contribution in [0.5, 0.6) is 0 Å². The van der Waals surface area contributed by atoms with E-state index in [1.807, 2.05) is 20.8 Å². The van der Waals surface area contributed by atoms with Crippen LogP contribution in [0.4, 0.5) is 4.79 Å². The number of carbonyl (C=O) groups excluding carboxylic acids is 2. The molecule has 0 aliphatic carbocycles. The van der Waals surface area contributed by atoms with Crippen molar-refractivity contribution in [3.8, 4) is 0 Å². The molecule has 0 radical (unpaired) electrons. The Kier molecular flexibility index (Phi) is 5.48. The monoisotopic (exact) mass is 339 g/mol. The van der Waals surface area contributed by atoms with Gasteiger partial charge in [0.1, 0.15) is 11.4 Å². The van der Waals surface area contributed by atoms with Crippen LogP contribution >= 0.6 is 0 Å². The van der Waals surface area contributed by atoms with E-state index in [1.54, 1.807) is 18.7 Å². The van der Waals surface area contributed by atoms with Gasteiger partial charge in [-0.15, -0.1) is 0 Å². The molecular weight excluding hydrogens is 314 g/mol. The van der Waals surface area contributed by atoms with Crippen molar-refractivity contribution in [2.45, 2.75) is 46.3 Å². The number of oxazole rings is 1. The van der Waals surface area contributed by atoms with E-state index in [4.69, 9.17) is 13.9 Å². The second-order valence-electron chi connectivity index (χ2n) is 6.77. The van der Waals surface area contributed by atoms with Crippen LogP contribution in [-0.4, -0.2) is 59.8 Å². The first-order valence-corrected chi connectivity index (χ1v) is 7.97. The van der Waals surface area contributed by atoms with Crippen molar-refractivity contribution in [2.75, 3.05) is 26.2 Å². The van der Waals surface area contributed by atoms with Crippen LogP contribution in [0, 0.1) is 13.8 Å². The zero-order valence-electron chi connectivity index (χ0n) is 14.8. The second-order valence-corrected chi connectivity index (χ2v) is 6.77. The summed E-state index contributed by atoms with van der Waals surface area (Å²) >= 11 is 0. The van der Waals surface area contributed by atoms with E-state index in [1.165, 1.54) is 0 Å². The molecular formula is C16H25N3O5. The van der Waals surface area contributed by atoms with Crippen molar-refractivity contribution in [1.82, 2.24) is 15.2 Å². The third-order valence-corrected chi connectivity index (χ3v) is 3.40. The lowest BCUT2D eigenvalue weighted by molar-refractivity contribution is -0.0404. The average Bonchev–Trinajstić information content (AvgIpc) is 2.82. The Balaban J connectivity index is 1.86. The summed E-state index contributed by atoms with van der Waals surface area (Å²) in [4.78, 5) is 29.9. The van der Waals surface area contributed by atoms with Gasteiger partial charge in [0, 0.05) is 20.0 Å². The first-order chi connectivity index (χ1) is 11.2. The van der Waals surface area contributed by atoms with E-state index < -0.39 is 5.60 Å². The van der Waals surface area contributed by atoms with E-state index in [-0.39, 0.29) is 30.3 Å². The fraction of sp³-hybridized carbons (Fsp3) is 0.688. The van der Waals surface area contributed by atoms with Crippen molar-refractivity contribution < 1.29 is 23.5 Å². The predicted octanol–water partition coefficient (Wildman–Crippen LogP) is 1.66. The maximum Gasteiger partial charge on any atom is 0.410 e. The molecule has 1 aliphatic rings. The molecule has 1 aromatic heterocycles. The molecule has 1 N–H and O–H groups in total. The number of amides is 2. The van der Waals surface area contributed by atoms with Gasteiger partial charge >= 0.3 is 6.09 Å². The summed E-state index contributed by atoms with van der Waals surface area (Å²) in [6.45, 7) is 10.4. The SMILES string of the molecule is Cc1nc(C(=O)NCC2CN(C(=O)OC(C)(C)C)CCO2)c(C)o1. The fourth-order valence-electron chi connectivity index (χ4n) is 2.36. The van der Waals surface area contributed by atoms with Crippen molar-refractivity contribution in [2.24, 2.45) is 0 Å². The van der Waals surface area contributed by atoms with Crippen molar-refractivity contribution in [1.29, 1.82) is 0 Å². The molecule has 1 saturated heterocycles. The molecule has 134 valence electrons. The average molecular weight is 339 g/mol. The molecule has 2 amide bonds. The summed E-state index contributed by atoms with van der Waals surface area (Å²) in [5.41, 5.74) is -0.270.